The van der Waals surface area contributed by atoms with Crippen molar-refractivity contribution in [2.24, 2.45) is 0 Å². The van der Waals surface area contributed by atoms with Crippen LogP contribution in [-0.4, -0.2) is 29.7 Å². The van der Waals surface area contributed by atoms with E-state index in [4.69, 9.17) is 9.47 Å². The van der Waals surface area contributed by atoms with Crippen LogP contribution in [0, 0.1) is 0 Å². The van der Waals surface area contributed by atoms with E-state index >= 15 is 0 Å². The Morgan fingerprint density at radius 3 is 2.28 bits per heavy atom. The number of nitrogens with zero attached hydrogens (tertiary/aromatic N) is 1. The molecule has 0 unspecified atom stereocenters. The molecule has 5 heteroatoms. The number of hydrogen-bond donors (Lipinski definition) is 1. The van der Waals surface area contributed by atoms with Crippen molar-refractivity contribution in [1.29, 1.82) is 0 Å². The molecule has 0 amide bonds. The minimum absolute atomic E-state index is 0.482. The van der Waals surface area contributed by atoms with E-state index in [9.17, 15) is 4.79 Å². The highest BCUT2D eigenvalue weighted by Crippen LogP contribution is 2.41. The number of carbonyl (C=O) groups is 1. The van der Waals surface area contributed by atoms with Crippen LogP contribution in [0.5, 0.6) is 11.5 Å². The van der Waals surface area contributed by atoms with Gasteiger partial charge in [-0.25, -0.2) is 0 Å². The summed E-state index contributed by atoms with van der Waals surface area (Å²) in [5.41, 5.74) is 3.85. The summed E-state index contributed by atoms with van der Waals surface area (Å²) in [5.74, 6) is 1.41. The van der Waals surface area contributed by atoms with Gasteiger partial charge in [0.15, 0.2) is 6.29 Å². The van der Waals surface area contributed by atoms with Gasteiger partial charge < -0.3 is 9.47 Å². The fraction of sp³-hybridized carbons (Fsp3) is 0.200. The Kier molecular flexibility index (Phi) is 5.14. The van der Waals surface area contributed by atoms with E-state index < -0.39 is 0 Å². The number of ether oxygens (including phenoxy) is 2. The van der Waals surface area contributed by atoms with E-state index in [1.807, 2.05) is 56.3 Å². The molecule has 3 rings (SSSR count). The molecule has 0 aliphatic carbocycles. The average Bonchev–Trinajstić information content (AvgIpc) is 3.12. The van der Waals surface area contributed by atoms with Gasteiger partial charge in [-0.1, -0.05) is 30.3 Å². The van der Waals surface area contributed by atoms with Gasteiger partial charge in [-0.05, 0) is 31.5 Å². The summed E-state index contributed by atoms with van der Waals surface area (Å²) < 4.78 is 11.7. The zero-order valence-electron chi connectivity index (χ0n) is 14.3. The second-order valence-electron chi connectivity index (χ2n) is 5.39. The van der Waals surface area contributed by atoms with E-state index in [0.29, 0.717) is 30.2 Å². The molecule has 0 aliphatic heterocycles. The van der Waals surface area contributed by atoms with Gasteiger partial charge in [0.2, 0.25) is 0 Å². The van der Waals surface area contributed by atoms with E-state index in [-0.39, 0.29) is 0 Å². The second-order valence-corrected chi connectivity index (χ2v) is 5.39. The van der Waals surface area contributed by atoms with Gasteiger partial charge in [-0.3, -0.25) is 9.89 Å². The highest BCUT2D eigenvalue weighted by molar-refractivity contribution is 5.89. The van der Waals surface area contributed by atoms with Crippen LogP contribution in [0.1, 0.15) is 24.2 Å². The number of rotatable bonds is 7. The zero-order valence-corrected chi connectivity index (χ0v) is 14.3. The predicted molar refractivity (Wildman–Crippen MR) is 97.2 cm³/mol. The lowest BCUT2D eigenvalue weighted by atomic mass is 9.99. The Balaban J connectivity index is 2.22. The average molecular weight is 336 g/mol. The fourth-order valence-electron chi connectivity index (χ4n) is 2.75. The van der Waals surface area contributed by atoms with Gasteiger partial charge in [-0.2, -0.15) is 5.10 Å². The second kappa shape index (κ2) is 7.66. The molecule has 0 aliphatic rings. The van der Waals surface area contributed by atoms with Crippen molar-refractivity contribution in [2.45, 2.75) is 13.8 Å². The molecule has 3 aromatic rings. The van der Waals surface area contributed by atoms with E-state index in [0.717, 1.165) is 28.7 Å². The van der Waals surface area contributed by atoms with Gasteiger partial charge >= 0.3 is 0 Å². The molecule has 0 spiro atoms. The number of aromatic nitrogens is 2. The first-order chi connectivity index (χ1) is 12.3. The van der Waals surface area contributed by atoms with Crippen LogP contribution in [0.15, 0.2) is 48.7 Å². The van der Waals surface area contributed by atoms with Crippen molar-refractivity contribution >= 4 is 6.29 Å². The van der Waals surface area contributed by atoms with Crippen LogP contribution < -0.4 is 9.47 Å². The highest BCUT2D eigenvalue weighted by atomic mass is 16.5. The maximum absolute atomic E-state index is 11.3. The summed E-state index contributed by atoms with van der Waals surface area (Å²) in [6.07, 6.45) is 2.28. The van der Waals surface area contributed by atoms with E-state index in [1.54, 1.807) is 0 Å². The van der Waals surface area contributed by atoms with Crippen molar-refractivity contribution in [3.8, 4) is 33.9 Å². The van der Waals surface area contributed by atoms with E-state index in [1.165, 1.54) is 6.20 Å². The summed E-state index contributed by atoms with van der Waals surface area (Å²) in [4.78, 5) is 11.3. The monoisotopic (exact) mass is 336 g/mol. The lowest BCUT2D eigenvalue weighted by Gasteiger charge is -2.16. The number of aromatic amines is 1. The molecule has 0 fully saturated rings. The third-order valence-corrected chi connectivity index (χ3v) is 3.83. The number of benzene rings is 2. The standard InChI is InChI=1S/C20H20N2O3/c1-3-24-18-11-17(20-15(13-23)12-21-22-20)19(25-4-2)10-16(18)14-8-6-5-7-9-14/h5-13H,3-4H2,1-2H3,(H,21,22). The Morgan fingerprint density at radius 2 is 1.64 bits per heavy atom. The van der Waals surface area contributed by atoms with Crippen LogP contribution in [0.4, 0.5) is 0 Å². The first kappa shape index (κ1) is 16.8. The molecular formula is C20H20N2O3. The van der Waals surface area contributed by atoms with Crippen molar-refractivity contribution in [1.82, 2.24) is 10.2 Å². The highest BCUT2D eigenvalue weighted by Gasteiger charge is 2.18. The normalized spacial score (nSPS) is 10.5. The lowest BCUT2D eigenvalue weighted by molar-refractivity contribution is 0.112. The molecule has 2 aromatic carbocycles. The van der Waals surface area contributed by atoms with Crippen LogP contribution >= 0.6 is 0 Å². The summed E-state index contributed by atoms with van der Waals surface area (Å²) in [5, 5.41) is 6.86. The van der Waals surface area contributed by atoms with Crippen molar-refractivity contribution < 1.29 is 14.3 Å². The van der Waals surface area contributed by atoms with Crippen LogP contribution in [0.3, 0.4) is 0 Å². The summed E-state index contributed by atoms with van der Waals surface area (Å²) in [7, 11) is 0. The smallest absolute Gasteiger partial charge is 0.153 e. The third-order valence-electron chi connectivity index (χ3n) is 3.83. The first-order valence-electron chi connectivity index (χ1n) is 8.26. The maximum atomic E-state index is 11.3. The number of aldehydes is 1. The number of hydrogen-bond acceptors (Lipinski definition) is 4. The van der Waals surface area contributed by atoms with Crippen molar-refractivity contribution in [3.63, 3.8) is 0 Å². The van der Waals surface area contributed by atoms with Crippen molar-refractivity contribution in [2.75, 3.05) is 13.2 Å². The predicted octanol–water partition coefficient (Wildman–Crippen LogP) is 4.35. The molecule has 128 valence electrons. The number of nitrogens with one attached hydrogen (secondary N) is 1. The summed E-state index contributed by atoms with van der Waals surface area (Å²) in [6, 6.07) is 13.9. The van der Waals surface area contributed by atoms with Gasteiger partial charge in [0.1, 0.15) is 11.5 Å². The van der Waals surface area contributed by atoms with Gasteiger partial charge in [-0.15, -0.1) is 0 Å². The fourth-order valence-corrected chi connectivity index (χ4v) is 2.75. The van der Waals surface area contributed by atoms with Crippen LogP contribution in [-0.2, 0) is 0 Å². The lowest BCUT2D eigenvalue weighted by Crippen LogP contribution is -2.00. The molecule has 0 radical (unpaired) electrons. The minimum Gasteiger partial charge on any atom is -0.493 e. The molecule has 0 saturated carbocycles. The molecule has 0 bridgehead atoms. The van der Waals surface area contributed by atoms with E-state index in [2.05, 4.69) is 10.2 Å². The third kappa shape index (κ3) is 3.40. The zero-order chi connectivity index (χ0) is 17.6. The minimum atomic E-state index is 0.482. The van der Waals surface area contributed by atoms with Crippen molar-refractivity contribution in [3.05, 3.63) is 54.2 Å². The van der Waals surface area contributed by atoms with Gasteiger partial charge in [0.05, 0.1) is 30.7 Å². The summed E-state index contributed by atoms with van der Waals surface area (Å²) in [6.45, 7) is 4.92. The quantitative estimate of drug-likeness (QED) is 0.651. The first-order valence-corrected chi connectivity index (χ1v) is 8.26. The van der Waals surface area contributed by atoms with Gasteiger partial charge in [0.25, 0.3) is 0 Å². The molecule has 1 aromatic heterocycles. The summed E-state index contributed by atoms with van der Waals surface area (Å²) >= 11 is 0. The Morgan fingerprint density at radius 1 is 1.00 bits per heavy atom. The number of H-pyrrole nitrogens is 1. The molecule has 1 heterocycles. The topological polar surface area (TPSA) is 64.2 Å². The van der Waals surface area contributed by atoms with Crippen LogP contribution in [0.25, 0.3) is 22.4 Å². The molecule has 1 N–H and O–H groups in total. The molecule has 5 nitrogen and oxygen atoms in total. The Hall–Kier alpha value is -3.08. The Bertz CT molecular complexity index is 857. The Labute approximate surface area is 146 Å². The van der Waals surface area contributed by atoms with Crippen LogP contribution in [0.2, 0.25) is 0 Å². The number of carbonyl (C=O) groups excluding carboxylic acids is 1. The molecular weight excluding hydrogens is 316 g/mol. The SMILES string of the molecule is CCOc1cc(-c2[nH]ncc2C=O)c(OCC)cc1-c1ccccc1. The molecule has 0 atom stereocenters. The maximum Gasteiger partial charge on any atom is 0.153 e. The molecule has 25 heavy (non-hydrogen) atoms. The molecule has 0 saturated heterocycles. The van der Waals surface area contributed by atoms with Gasteiger partial charge in [0, 0.05) is 11.1 Å². The largest absolute Gasteiger partial charge is 0.493 e.